The standard InChI is InChI=1S/C28H43N3O6S/c1-4-11-31(12-5-2)28(37)21-16-19(26(29)35)15-20(17-21)27(36)30-23(25(34)24(33)10-13-38-3)14-18-6-8-22(32)9-7-18/h6,8,15-17,23-26,32-35H,4-5,7,9-14,29H2,1-3H3,(H,30,36). The molecule has 7 N–H and O–H groups in total. The van der Waals surface area contributed by atoms with Crippen LogP contribution in [-0.2, 0) is 0 Å². The Hall–Kier alpha value is -2.37. The Labute approximate surface area is 229 Å². The zero-order valence-electron chi connectivity index (χ0n) is 22.6. The Morgan fingerprint density at radius 3 is 2.26 bits per heavy atom. The maximum atomic E-state index is 13.4. The van der Waals surface area contributed by atoms with Gasteiger partial charge in [-0.2, -0.15) is 11.8 Å². The van der Waals surface area contributed by atoms with Crippen LogP contribution in [0.3, 0.4) is 0 Å². The molecule has 4 atom stereocenters. The summed E-state index contributed by atoms with van der Waals surface area (Å²) >= 11 is 1.55. The van der Waals surface area contributed by atoms with Gasteiger partial charge in [0.2, 0.25) is 0 Å². The van der Waals surface area contributed by atoms with Gasteiger partial charge < -0.3 is 36.4 Å². The summed E-state index contributed by atoms with van der Waals surface area (Å²) < 4.78 is 0. The molecule has 0 aromatic heterocycles. The lowest BCUT2D eigenvalue weighted by molar-refractivity contribution is -0.00420. The molecule has 10 heteroatoms. The monoisotopic (exact) mass is 549 g/mol. The van der Waals surface area contributed by atoms with E-state index in [9.17, 15) is 30.0 Å². The largest absolute Gasteiger partial charge is 0.512 e. The molecule has 212 valence electrons. The van der Waals surface area contributed by atoms with Gasteiger partial charge in [-0.25, -0.2) is 0 Å². The SMILES string of the molecule is CCCN(CCC)C(=O)c1cc(C(=O)NC(CC2=CC=C(O)CC2)C(O)C(O)CCSC)cc(C(N)O)c1. The number of carbonyl (C=O) groups excluding carboxylic acids is 2. The normalized spacial score (nSPS) is 16.6. The molecule has 0 spiro atoms. The third-order valence-corrected chi connectivity index (χ3v) is 7.16. The zero-order valence-corrected chi connectivity index (χ0v) is 23.4. The lowest BCUT2D eigenvalue weighted by Gasteiger charge is -2.29. The first-order valence-corrected chi connectivity index (χ1v) is 14.6. The molecule has 0 saturated carbocycles. The van der Waals surface area contributed by atoms with Crippen molar-refractivity contribution in [1.29, 1.82) is 0 Å². The lowest BCUT2D eigenvalue weighted by Crippen LogP contribution is -2.49. The second-order valence-electron chi connectivity index (χ2n) is 9.69. The molecule has 1 aliphatic carbocycles. The van der Waals surface area contributed by atoms with Crippen molar-refractivity contribution in [3.8, 4) is 0 Å². The number of amides is 2. The van der Waals surface area contributed by atoms with E-state index in [2.05, 4.69) is 5.32 Å². The van der Waals surface area contributed by atoms with Crippen molar-refractivity contribution in [3.05, 3.63) is 58.4 Å². The summed E-state index contributed by atoms with van der Waals surface area (Å²) in [6.45, 7) is 5.08. The van der Waals surface area contributed by atoms with E-state index in [1.807, 2.05) is 20.1 Å². The molecule has 0 saturated heterocycles. The van der Waals surface area contributed by atoms with Gasteiger partial charge in [0, 0.05) is 30.6 Å². The summed E-state index contributed by atoms with van der Waals surface area (Å²) in [6.07, 6.45) is 4.81. The molecule has 0 fully saturated rings. The highest BCUT2D eigenvalue weighted by molar-refractivity contribution is 7.98. The molecule has 2 rings (SSSR count). The molecule has 0 bridgehead atoms. The maximum Gasteiger partial charge on any atom is 0.253 e. The number of nitrogens with two attached hydrogens (primary N) is 1. The van der Waals surface area contributed by atoms with E-state index < -0.39 is 30.4 Å². The van der Waals surface area contributed by atoms with Crippen molar-refractivity contribution < 1.29 is 30.0 Å². The predicted molar refractivity (Wildman–Crippen MR) is 151 cm³/mol. The summed E-state index contributed by atoms with van der Waals surface area (Å²) in [5.74, 6) is 0.0965. The quantitative estimate of drug-likeness (QED) is 0.182. The summed E-state index contributed by atoms with van der Waals surface area (Å²) in [7, 11) is 0. The van der Waals surface area contributed by atoms with Gasteiger partial charge in [-0.3, -0.25) is 9.59 Å². The van der Waals surface area contributed by atoms with Crippen molar-refractivity contribution in [2.45, 2.75) is 76.9 Å². The molecular weight excluding hydrogens is 506 g/mol. The molecule has 0 radical (unpaired) electrons. The number of aliphatic hydroxyl groups is 4. The lowest BCUT2D eigenvalue weighted by atomic mass is 9.91. The molecule has 1 aromatic carbocycles. The van der Waals surface area contributed by atoms with Crippen molar-refractivity contribution in [3.63, 3.8) is 0 Å². The van der Waals surface area contributed by atoms with Crippen LogP contribution in [0.4, 0.5) is 0 Å². The zero-order chi connectivity index (χ0) is 28.2. The summed E-state index contributed by atoms with van der Waals surface area (Å²) in [4.78, 5) is 28.4. The molecule has 1 aliphatic rings. The molecule has 4 unspecified atom stereocenters. The Morgan fingerprint density at radius 2 is 1.71 bits per heavy atom. The van der Waals surface area contributed by atoms with Gasteiger partial charge in [0.15, 0.2) is 0 Å². The van der Waals surface area contributed by atoms with E-state index >= 15 is 0 Å². The summed E-state index contributed by atoms with van der Waals surface area (Å²) in [5.41, 5.74) is 7.21. The van der Waals surface area contributed by atoms with Gasteiger partial charge in [-0.15, -0.1) is 0 Å². The van der Waals surface area contributed by atoms with E-state index in [1.54, 1.807) is 28.8 Å². The van der Waals surface area contributed by atoms with Crippen molar-refractivity contribution in [2.75, 3.05) is 25.1 Å². The number of allylic oxidation sites excluding steroid dienone is 3. The summed E-state index contributed by atoms with van der Waals surface area (Å²) in [5, 5.41) is 44.1. The first-order valence-electron chi connectivity index (χ1n) is 13.2. The number of aliphatic hydroxyl groups excluding tert-OH is 4. The number of carbonyl (C=O) groups is 2. The fourth-order valence-electron chi connectivity index (χ4n) is 4.42. The number of nitrogens with zero attached hydrogens (tertiary/aromatic N) is 1. The summed E-state index contributed by atoms with van der Waals surface area (Å²) in [6, 6.07) is 3.57. The third kappa shape index (κ3) is 9.43. The van der Waals surface area contributed by atoms with E-state index in [1.165, 1.54) is 18.2 Å². The van der Waals surface area contributed by atoms with Crippen LogP contribution in [0.1, 0.15) is 84.9 Å². The van der Waals surface area contributed by atoms with E-state index in [0.29, 0.717) is 38.1 Å². The number of benzene rings is 1. The van der Waals surface area contributed by atoms with Crippen LogP contribution < -0.4 is 11.1 Å². The van der Waals surface area contributed by atoms with Gasteiger partial charge in [-0.1, -0.05) is 25.5 Å². The number of hydrogen-bond acceptors (Lipinski definition) is 8. The smallest absolute Gasteiger partial charge is 0.253 e. The molecule has 0 aliphatic heterocycles. The van der Waals surface area contributed by atoms with Crippen molar-refractivity contribution in [1.82, 2.24) is 10.2 Å². The minimum atomic E-state index is -1.39. The van der Waals surface area contributed by atoms with Gasteiger partial charge in [0.25, 0.3) is 11.8 Å². The fraction of sp³-hybridized carbons (Fsp3) is 0.571. The molecule has 9 nitrogen and oxygen atoms in total. The van der Waals surface area contributed by atoms with Crippen LogP contribution >= 0.6 is 11.8 Å². The highest BCUT2D eigenvalue weighted by atomic mass is 32.2. The molecule has 1 aromatic rings. The highest BCUT2D eigenvalue weighted by Gasteiger charge is 2.29. The Morgan fingerprint density at radius 1 is 1.05 bits per heavy atom. The Bertz CT molecular complexity index is 991. The highest BCUT2D eigenvalue weighted by Crippen LogP contribution is 2.24. The Balaban J connectivity index is 2.37. The second kappa shape index (κ2) is 15.9. The van der Waals surface area contributed by atoms with Crippen LogP contribution in [0.5, 0.6) is 0 Å². The average molecular weight is 550 g/mol. The molecule has 0 heterocycles. The van der Waals surface area contributed by atoms with Crippen LogP contribution in [0.15, 0.2) is 41.7 Å². The molecule has 38 heavy (non-hydrogen) atoms. The van der Waals surface area contributed by atoms with E-state index in [0.717, 1.165) is 18.4 Å². The minimum absolute atomic E-state index is 0.120. The predicted octanol–water partition coefficient (Wildman–Crippen LogP) is 3.02. The third-order valence-electron chi connectivity index (χ3n) is 6.52. The maximum absolute atomic E-state index is 13.4. The Kier molecular flexibility index (Phi) is 13.3. The average Bonchev–Trinajstić information content (AvgIpc) is 2.91. The molecule has 2 amide bonds. The molecular formula is C28H43N3O6S. The van der Waals surface area contributed by atoms with Crippen molar-refractivity contribution >= 4 is 23.6 Å². The fourth-order valence-corrected chi connectivity index (χ4v) is 4.90. The number of hydrogen-bond donors (Lipinski definition) is 6. The van der Waals surface area contributed by atoms with Gasteiger partial charge in [0.05, 0.1) is 17.9 Å². The first-order chi connectivity index (χ1) is 18.1. The van der Waals surface area contributed by atoms with Crippen LogP contribution in [0, 0.1) is 0 Å². The van der Waals surface area contributed by atoms with E-state index in [-0.39, 0.29) is 34.8 Å². The minimum Gasteiger partial charge on any atom is -0.512 e. The first kappa shape index (κ1) is 31.8. The van der Waals surface area contributed by atoms with Gasteiger partial charge >= 0.3 is 0 Å². The second-order valence-corrected chi connectivity index (χ2v) is 10.7. The number of thioether (sulfide) groups is 1. The van der Waals surface area contributed by atoms with Crippen LogP contribution in [0.25, 0.3) is 0 Å². The van der Waals surface area contributed by atoms with Gasteiger partial charge in [-0.05, 0) is 74.0 Å². The number of rotatable bonds is 15. The van der Waals surface area contributed by atoms with Gasteiger partial charge in [0.1, 0.15) is 12.3 Å². The van der Waals surface area contributed by atoms with E-state index in [4.69, 9.17) is 5.73 Å². The number of nitrogens with one attached hydrogen (secondary N) is 1. The van der Waals surface area contributed by atoms with Crippen molar-refractivity contribution in [2.24, 2.45) is 5.73 Å². The topological polar surface area (TPSA) is 156 Å². The van der Waals surface area contributed by atoms with Crippen LogP contribution in [-0.4, -0.2) is 80.5 Å². The van der Waals surface area contributed by atoms with Crippen LogP contribution in [0.2, 0.25) is 0 Å².